The number of benzene rings is 1. The summed E-state index contributed by atoms with van der Waals surface area (Å²) >= 11 is 0. The maximum Gasteiger partial charge on any atom is 0.241 e. The minimum Gasteiger partial charge on any atom is -0.325 e. The van der Waals surface area contributed by atoms with Crippen molar-refractivity contribution in [2.45, 2.75) is 32.7 Å². The van der Waals surface area contributed by atoms with Crippen molar-refractivity contribution in [2.24, 2.45) is 5.92 Å². The number of tetrazole rings is 1. The van der Waals surface area contributed by atoms with E-state index in [1.54, 1.807) is 4.68 Å². The number of anilines is 1. The highest BCUT2D eigenvalue weighted by molar-refractivity contribution is 5.95. The highest BCUT2D eigenvalue weighted by Crippen LogP contribution is 2.21. The summed E-state index contributed by atoms with van der Waals surface area (Å²) in [6.07, 6.45) is 3.53. The molecule has 0 bridgehead atoms. The van der Waals surface area contributed by atoms with E-state index in [1.807, 2.05) is 24.3 Å². The molecule has 1 amide bonds. The van der Waals surface area contributed by atoms with Crippen LogP contribution in [0, 0.1) is 5.92 Å². The number of carbonyl (C=O) groups is 1. The fourth-order valence-corrected chi connectivity index (χ4v) is 3.04. The Morgan fingerprint density at radius 2 is 2.30 bits per heavy atom. The highest BCUT2D eigenvalue weighted by atomic mass is 16.2. The van der Waals surface area contributed by atoms with E-state index in [-0.39, 0.29) is 11.9 Å². The molecule has 7 heteroatoms. The number of likely N-dealkylation sites (tertiary alicyclic amines) is 1. The second-order valence-electron chi connectivity index (χ2n) is 6.34. The minimum absolute atomic E-state index is 0.0332. The van der Waals surface area contributed by atoms with Crippen molar-refractivity contribution in [1.82, 2.24) is 25.1 Å². The summed E-state index contributed by atoms with van der Waals surface area (Å²) in [5, 5.41) is 14.1. The summed E-state index contributed by atoms with van der Waals surface area (Å²) in [6.45, 7) is 6.33. The van der Waals surface area contributed by atoms with Gasteiger partial charge in [0, 0.05) is 12.2 Å². The highest BCUT2D eigenvalue weighted by Gasteiger charge is 2.30. The molecule has 1 aliphatic rings. The molecular weight excluding hydrogens is 292 g/mol. The van der Waals surface area contributed by atoms with Crippen LogP contribution in [0.25, 0.3) is 5.69 Å². The quantitative estimate of drug-likeness (QED) is 0.909. The van der Waals surface area contributed by atoms with Gasteiger partial charge in [0.05, 0.1) is 11.7 Å². The van der Waals surface area contributed by atoms with Crippen LogP contribution in [0.15, 0.2) is 30.6 Å². The first-order valence-electron chi connectivity index (χ1n) is 8.02. The molecular formula is C16H22N6O. The lowest BCUT2D eigenvalue weighted by Crippen LogP contribution is -2.41. The van der Waals surface area contributed by atoms with Gasteiger partial charge >= 0.3 is 0 Å². The van der Waals surface area contributed by atoms with Crippen molar-refractivity contribution in [1.29, 1.82) is 0 Å². The Bertz CT molecular complexity index is 654. The third-order valence-electron chi connectivity index (χ3n) is 3.99. The predicted molar refractivity (Wildman–Crippen MR) is 87.2 cm³/mol. The van der Waals surface area contributed by atoms with Crippen LogP contribution in [0.5, 0.6) is 0 Å². The SMILES string of the molecule is CC(C)CN1CCC[C@H]1C(=O)Nc1cccc(-n2cnnn2)c1. The predicted octanol–water partition coefficient (Wildman–Crippen LogP) is 1.72. The smallest absolute Gasteiger partial charge is 0.241 e. The molecule has 0 saturated carbocycles. The molecule has 0 spiro atoms. The molecule has 1 saturated heterocycles. The van der Waals surface area contributed by atoms with Crippen molar-refractivity contribution < 1.29 is 4.79 Å². The van der Waals surface area contributed by atoms with Crippen LogP contribution in [0.3, 0.4) is 0 Å². The Labute approximate surface area is 135 Å². The van der Waals surface area contributed by atoms with E-state index in [1.165, 1.54) is 6.33 Å². The largest absolute Gasteiger partial charge is 0.325 e. The number of rotatable bonds is 5. The molecule has 1 aliphatic heterocycles. The summed E-state index contributed by atoms with van der Waals surface area (Å²) < 4.78 is 1.57. The van der Waals surface area contributed by atoms with Crippen LogP contribution in [-0.2, 0) is 4.79 Å². The second kappa shape index (κ2) is 6.87. The van der Waals surface area contributed by atoms with Crippen LogP contribution < -0.4 is 5.32 Å². The topological polar surface area (TPSA) is 75.9 Å². The Kier molecular flexibility index (Phi) is 4.66. The van der Waals surface area contributed by atoms with E-state index < -0.39 is 0 Å². The number of nitrogens with zero attached hydrogens (tertiary/aromatic N) is 5. The molecule has 122 valence electrons. The molecule has 3 rings (SSSR count). The zero-order valence-electron chi connectivity index (χ0n) is 13.5. The van der Waals surface area contributed by atoms with Crippen LogP contribution in [0.4, 0.5) is 5.69 Å². The number of hydrogen-bond donors (Lipinski definition) is 1. The van der Waals surface area contributed by atoms with E-state index in [9.17, 15) is 4.79 Å². The number of aromatic nitrogens is 4. The first-order valence-corrected chi connectivity index (χ1v) is 8.02. The Balaban J connectivity index is 1.69. The maximum atomic E-state index is 12.6. The fraction of sp³-hybridized carbons (Fsp3) is 0.500. The van der Waals surface area contributed by atoms with Gasteiger partial charge in [-0.25, -0.2) is 4.68 Å². The summed E-state index contributed by atoms with van der Waals surface area (Å²) in [6, 6.07) is 7.50. The standard InChI is InChI=1S/C16H22N6O/c1-12(2)10-21-8-4-7-15(21)16(23)18-13-5-3-6-14(9-13)22-11-17-19-20-22/h3,5-6,9,11-12,15H,4,7-8,10H2,1-2H3,(H,18,23)/t15-/m0/s1. The zero-order valence-corrected chi connectivity index (χ0v) is 13.5. The average molecular weight is 314 g/mol. The average Bonchev–Trinajstić information content (AvgIpc) is 3.18. The van der Waals surface area contributed by atoms with E-state index >= 15 is 0 Å². The van der Waals surface area contributed by atoms with Crippen molar-refractivity contribution in [2.75, 3.05) is 18.4 Å². The minimum atomic E-state index is -0.0332. The third-order valence-corrected chi connectivity index (χ3v) is 3.99. The fourth-order valence-electron chi connectivity index (χ4n) is 3.04. The summed E-state index contributed by atoms with van der Waals surface area (Å²) in [7, 11) is 0. The van der Waals surface area contributed by atoms with Gasteiger partial charge in [-0.15, -0.1) is 5.10 Å². The third kappa shape index (κ3) is 3.73. The molecule has 0 radical (unpaired) electrons. The molecule has 1 atom stereocenters. The number of hydrogen-bond acceptors (Lipinski definition) is 5. The van der Waals surface area contributed by atoms with Gasteiger partial charge in [0.15, 0.2) is 0 Å². The van der Waals surface area contributed by atoms with Crippen LogP contribution >= 0.6 is 0 Å². The molecule has 0 aliphatic carbocycles. The molecule has 2 heterocycles. The van der Waals surface area contributed by atoms with Crippen molar-refractivity contribution >= 4 is 11.6 Å². The van der Waals surface area contributed by atoms with E-state index in [4.69, 9.17) is 0 Å². The molecule has 0 unspecified atom stereocenters. The van der Waals surface area contributed by atoms with Gasteiger partial charge < -0.3 is 5.32 Å². The van der Waals surface area contributed by atoms with Gasteiger partial charge in [-0.3, -0.25) is 9.69 Å². The van der Waals surface area contributed by atoms with Crippen molar-refractivity contribution in [3.63, 3.8) is 0 Å². The Morgan fingerprint density at radius 3 is 3.04 bits per heavy atom. The zero-order chi connectivity index (χ0) is 16.2. The second-order valence-corrected chi connectivity index (χ2v) is 6.34. The molecule has 1 aromatic carbocycles. The van der Waals surface area contributed by atoms with Gasteiger partial charge in [-0.2, -0.15) is 0 Å². The summed E-state index contributed by atoms with van der Waals surface area (Å²) in [4.78, 5) is 14.9. The lowest BCUT2D eigenvalue weighted by atomic mass is 10.1. The molecule has 1 aromatic heterocycles. The molecule has 1 N–H and O–H groups in total. The van der Waals surface area contributed by atoms with Crippen LogP contribution in [0.1, 0.15) is 26.7 Å². The van der Waals surface area contributed by atoms with E-state index in [0.717, 1.165) is 37.3 Å². The number of carbonyl (C=O) groups excluding carboxylic acids is 1. The van der Waals surface area contributed by atoms with Gasteiger partial charge in [0.2, 0.25) is 5.91 Å². The van der Waals surface area contributed by atoms with Crippen LogP contribution in [0.2, 0.25) is 0 Å². The van der Waals surface area contributed by atoms with E-state index in [0.29, 0.717) is 5.92 Å². The summed E-state index contributed by atoms with van der Waals surface area (Å²) in [5.41, 5.74) is 1.58. The van der Waals surface area contributed by atoms with Crippen LogP contribution in [-0.4, -0.2) is 50.1 Å². The molecule has 7 nitrogen and oxygen atoms in total. The van der Waals surface area contributed by atoms with Gasteiger partial charge in [0.1, 0.15) is 6.33 Å². The number of amides is 1. The molecule has 1 fully saturated rings. The lowest BCUT2D eigenvalue weighted by Gasteiger charge is -2.25. The first-order chi connectivity index (χ1) is 11.1. The van der Waals surface area contributed by atoms with Gasteiger partial charge in [-0.05, 0) is 53.9 Å². The maximum absolute atomic E-state index is 12.6. The normalized spacial score (nSPS) is 18.5. The van der Waals surface area contributed by atoms with Crippen molar-refractivity contribution in [3.8, 4) is 5.69 Å². The molecule has 2 aromatic rings. The number of nitrogens with one attached hydrogen (secondary N) is 1. The summed E-state index contributed by atoms with van der Waals surface area (Å²) in [5.74, 6) is 0.628. The van der Waals surface area contributed by atoms with Crippen molar-refractivity contribution in [3.05, 3.63) is 30.6 Å². The van der Waals surface area contributed by atoms with E-state index in [2.05, 4.69) is 39.6 Å². The first kappa shape index (κ1) is 15.6. The lowest BCUT2D eigenvalue weighted by molar-refractivity contribution is -0.120. The van der Waals surface area contributed by atoms with Gasteiger partial charge in [0.25, 0.3) is 0 Å². The molecule has 23 heavy (non-hydrogen) atoms. The Hall–Kier alpha value is -2.28. The Morgan fingerprint density at radius 1 is 1.43 bits per heavy atom. The monoisotopic (exact) mass is 314 g/mol. The van der Waals surface area contributed by atoms with Gasteiger partial charge in [-0.1, -0.05) is 19.9 Å².